The molecule has 3 nitrogen and oxygen atoms in total. The summed E-state index contributed by atoms with van der Waals surface area (Å²) in [7, 11) is 0. The van der Waals surface area contributed by atoms with Crippen molar-refractivity contribution >= 4 is 11.9 Å². The van der Waals surface area contributed by atoms with Crippen molar-refractivity contribution in [2.75, 3.05) is 11.6 Å². The molecule has 13 heavy (non-hydrogen) atoms. The van der Waals surface area contributed by atoms with E-state index in [0.29, 0.717) is 0 Å². The van der Waals surface area contributed by atoms with Crippen LogP contribution in [0.3, 0.4) is 0 Å². The molecular formula is C10H12N2O. The van der Waals surface area contributed by atoms with Crippen LogP contribution in [0, 0.1) is 0 Å². The van der Waals surface area contributed by atoms with Gasteiger partial charge in [0.1, 0.15) is 0 Å². The van der Waals surface area contributed by atoms with Crippen molar-refractivity contribution in [3.63, 3.8) is 0 Å². The SMILES string of the molecule is OCc1cccc(N2CCC=N2)c1. The van der Waals surface area contributed by atoms with Crippen LogP contribution in [0.25, 0.3) is 0 Å². The highest BCUT2D eigenvalue weighted by Gasteiger charge is 2.07. The summed E-state index contributed by atoms with van der Waals surface area (Å²) in [5, 5.41) is 15.1. The zero-order chi connectivity index (χ0) is 9.10. The van der Waals surface area contributed by atoms with E-state index in [2.05, 4.69) is 5.10 Å². The van der Waals surface area contributed by atoms with E-state index < -0.39 is 0 Å². The lowest BCUT2D eigenvalue weighted by molar-refractivity contribution is 0.282. The van der Waals surface area contributed by atoms with Crippen LogP contribution in [-0.4, -0.2) is 17.9 Å². The van der Waals surface area contributed by atoms with Gasteiger partial charge in [0.15, 0.2) is 0 Å². The molecule has 1 heterocycles. The van der Waals surface area contributed by atoms with Gasteiger partial charge in [-0.3, -0.25) is 5.01 Å². The third kappa shape index (κ3) is 1.70. The quantitative estimate of drug-likeness (QED) is 0.738. The van der Waals surface area contributed by atoms with E-state index in [1.165, 1.54) is 0 Å². The van der Waals surface area contributed by atoms with Crippen molar-refractivity contribution in [1.82, 2.24) is 0 Å². The number of benzene rings is 1. The Morgan fingerprint density at radius 3 is 3.08 bits per heavy atom. The molecule has 0 amide bonds. The highest BCUT2D eigenvalue weighted by Crippen LogP contribution is 2.18. The molecule has 0 saturated carbocycles. The number of aliphatic hydroxyl groups is 1. The van der Waals surface area contributed by atoms with Crippen molar-refractivity contribution in [2.24, 2.45) is 5.10 Å². The van der Waals surface area contributed by atoms with Crippen molar-refractivity contribution < 1.29 is 5.11 Å². The van der Waals surface area contributed by atoms with Crippen LogP contribution in [0.5, 0.6) is 0 Å². The predicted octanol–water partition coefficient (Wildman–Crippen LogP) is 1.37. The fourth-order valence-electron chi connectivity index (χ4n) is 1.41. The number of anilines is 1. The average Bonchev–Trinajstić information content (AvgIpc) is 2.71. The van der Waals surface area contributed by atoms with Gasteiger partial charge in [-0.15, -0.1) is 0 Å². The van der Waals surface area contributed by atoms with Crippen molar-refractivity contribution in [2.45, 2.75) is 13.0 Å². The summed E-state index contributed by atoms with van der Waals surface area (Å²) < 4.78 is 0. The fraction of sp³-hybridized carbons (Fsp3) is 0.300. The van der Waals surface area contributed by atoms with E-state index in [4.69, 9.17) is 5.11 Å². The lowest BCUT2D eigenvalue weighted by Crippen LogP contribution is -2.11. The number of hydrogen-bond acceptors (Lipinski definition) is 3. The van der Waals surface area contributed by atoms with Gasteiger partial charge in [0.2, 0.25) is 0 Å². The van der Waals surface area contributed by atoms with Gasteiger partial charge in [-0.25, -0.2) is 0 Å². The van der Waals surface area contributed by atoms with Gasteiger partial charge in [0, 0.05) is 19.2 Å². The largest absolute Gasteiger partial charge is 0.392 e. The van der Waals surface area contributed by atoms with Crippen molar-refractivity contribution in [3.8, 4) is 0 Å². The molecule has 0 saturated heterocycles. The molecule has 0 bridgehead atoms. The Labute approximate surface area is 77.3 Å². The molecule has 1 aromatic carbocycles. The first-order chi connectivity index (χ1) is 6.40. The molecule has 0 aliphatic carbocycles. The van der Waals surface area contributed by atoms with E-state index in [1.54, 1.807) is 0 Å². The van der Waals surface area contributed by atoms with Crippen molar-refractivity contribution in [1.29, 1.82) is 0 Å². The van der Waals surface area contributed by atoms with E-state index in [0.717, 1.165) is 24.2 Å². The summed E-state index contributed by atoms with van der Waals surface area (Å²) in [4.78, 5) is 0. The highest BCUT2D eigenvalue weighted by atomic mass is 16.3. The van der Waals surface area contributed by atoms with Gasteiger partial charge < -0.3 is 5.11 Å². The third-order valence-electron chi connectivity index (χ3n) is 2.08. The normalized spacial score (nSPS) is 15.3. The first kappa shape index (κ1) is 8.26. The summed E-state index contributed by atoms with van der Waals surface area (Å²) in [6, 6.07) is 7.81. The van der Waals surface area contributed by atoms with E-state index in [1.807, 2.05) is 35.5 Å². The molecule has 0 unspecified atom stereocenters. The maximum Gasteiger partial charge on any atom is 0.0682 e. The summed E-state index contributed by atoms with van der Waals surface area (Å²) in [6.07, 6.45) is 2.91. The van der Waals surface area contributed by atoms with Crippen LogP contribution < -0.4 is 5.01 Å². The predicted molar refractivity (Wildman–Crippen MR) is 52.8 cm³/mol. The summed E-state index contributed by atoms with van der Waals surface area (Å²) in [6.45, 7) is 1.03. The molecule has 2 rings (SSSR count). The molecule has 0 atom stereocenters. The number of rotatable bonds is 2. The second-order valence-corrected chi connectivity index (χ2v) is 3.04. The highest BCUT2D eigenvalue weighted by molar-refractivity contribution is 5.65. The van der Waals surface area contributed by atoms with Gasteiger partial charge >= 0.3 is 0 Å². The van der Waals surface area contributed by atoms with E-state index in [-0.39, 0.29) is 6.61 Å². The molecule has 1 N–H and O–H groups in total. The lowest BCUT2D eigenvalue weighted by Gasteiger charge is -2.13. The fourth-order valence-corrected chi connectivity index (χ4v) is 1.41. The van der Waals surface area contributed by atoms with Gasteiger partial charge in [0.25, 0.3) is 0 Å². The summed E-state index contributed by atoms with van der Waals surface area (Å²) >= 11 is 0. The number of aliphatic hydroxyl groups excluding tert-OH is 1. The molecule has 0 fully saturated rings. The molecule has 1 aliphatic rings. The summed E-state index contributed by atoms with van der Waals surface area (Å²) in [5.41, 5.74) is 1.99. The lowest BCUT2D eigenvalue weighted by atomic mass is 10.2. The number of hydrogen-bond donors (Lipinski definition) is 1. The molecule has 0 aromatic heterocycles. The zero-order valence-electron chi connectivity index (χ0n) is 7.35. The van der Waals surface area contributed by atoms with Crippen molar-refractivity contribution in [3.05, 3.63) is 29.8 Å². The monoisotopic (exact) mass is 176 g/mol. The first-order valence-electron chi connectivity index (χ1n) is 4.40. The number of nitrogens with zero attached hydrogens (tertiary/aromatic N) is 2. The van der Waals surface area contributed by atoms with Gasteiger partial charge in [-0.2, -0.15) is 5.10 Å². The smallest absolute Gasteiger partial charge is 0.0682 e. The van der Waals surface area contributed by atoms with Gasteiger partial charge in [-0.05, 0) is 17.7 Å². The second-order valence-electron chi connectivity index (χ2n) is 3.04. The Bertz CT molecular complexity index is 322. The molecule has 1 aromatic rings. The molecule has 1 aliphatic heterocycles. The zero-order valence-corrected chi connectivity index (χ0v) is 7.35. The van der Waals surface area contributed by atoms with E-state index in [9.17, 15) is 0 Å². The maximum absolute atomic E-state index is 8.95. The van der Waals surface area contributed by atoms with Crippen LogP contribution in [0.1, 0.15) is 12.0 Å². The molecule has 0 radical (unpaired) electrons. The molecule has 3 heteroatoms. The van der Waals surface area contributed by atoms with Crippen LogP contribution in [-0.2, 0) is 6.61 Å². The Hall–Kier alpha value is -1.35. The Morgan fingerprint density at radius 1 is 1.46 bits per heavy atom. The standard InChI is InChI=1S/C10H12N2O/c13-8-9-3-1-4-10(7-9)12-6-2-5-11-12/h1,3-5,7,13H,2,6,8H2. The number of hydrazone groups is 1. The minimum Gasteiger partial charge on any atom is -0.392 e. The molecular weight excluding hydrogens is 164 g/mol. The minimum atomic E-state index is 0.0887. The summed E-state index contributed by atoms with van der Waals surface area (Å²) in [5.74, 6) is 0. The first-order valence-corrected chi connectivity index (χ1v) is 4.40. The topological polar surface area (TPSA) is 35.8 Å². The molecule has 68 valence electrons. The van der Waals surface area contributed by atoms with Gasteiger partial charge in [0.05, 0.1) is 12.3 Å². The third-order valence-corrected chi connectivity index (χ3v) is 2.08. The van der Waals surface area contributed by atoms with Crippen LogP contribution in [0.2, 0.25) is 0 Å². The molecule has 0 spiro atoms. The Kier molecular flexibility index (Phi) is 2.27. The van der Waals surface area contributed by atoms with Gasteiger partial charge in [-0.1, -0.05) is 12.1 Å². The Morgan fingerprint density at radius 2 is 2.38 bits per heavy atom. The Balaban J connectivity index is 2.24. The van der Waals surface area contributed by atoms with Crippen LogP contribution in [0.15, 0.2) is 29.4 Å². The average molecular weight is 176 g/mol. The second kappa shape index (κ2) is 3.58. The maximum atomic E-state index is 8.95. The minimum absolute atomic E-state index is 0.0887. The van der Waals surface area contributed by atoms with Crippen LogP contribution >= 0.6 is 0 Å². The van der Waals surface area contributed by atoms with Crippen LogP contribution in [0.4, 0.5) is 5.69 Å². The van der Waals surface area contributed by atoms with E-state index >= 15 is 0 Å².